The minimum Gasteiger partial charge on any atom is -0.493 e. The number of likely N-dealkylation sites (N-methyl/N-ethyl adjacent to an activating group) is 1. The van der Waals surface area contributed by atoms with E-state index in [1.54, 1.807) is 32.7 Å². The van der Waals surface area contributed by atoms with Gasteiger partial charge < -0.3 is 19.5 Å². The highest BCUT2D eigenvalue weighted by molar-refractivity contribution is 7.09. The van der Waals surface area contributed by atoms with E-state index in [1.165, 1.54) is 4.88 Å². The summed E-state index contributed by atoms with van der Waals surface area (Å²) in [5.41, 5.74) is 0.883. The predicted molar refractivity (Wildman–Crippen MR) is 103 cm³/mol. The van der Waals surface area contributed by atoms with Crippen molar-refractivity contribution >= 4 is 17.2 Å². The van der Waals surface area contributed by atoms with Crippen molar-refractivity contribution in [2.45, 2.75) is 20.0 Å². The van der Waals surface area contributed by atoms with Crippen LogP contribution in [0, 0.1) is 0 Å². The molecule has 26 heavy (non-hydrogen) atoms. The first-order valence-corrected chi connectivity index (χ1v) is 9.29. The Bertz CT molecular complexity index is 679. The predicted octanol–water partition coefficient (Wildman–Crippen LogP) is 2.91. The van der Waals surface area contributed by atoms with Gasteiger partial charge in [-0.15, -0.1) is 11.3 Å². The SMILES string of the molecule is CCN(CC(=O)NCc1cc(OC)c(OC)c(OC)c1)Cc1cccs1. The Kier molecular flexibility index (Phi) is 7.74. The lowest BCUT2D eigenvalue weighted by Crippen LogP contribution is -2.36. The van der Waals surface area contributed by atoms with Crippen LogP contribution in [0.4, 0.5) is 0 Å². The Morgan fingerprint density at radius 3 is 2.35 bits per heavy atom. The number of benzene rings is 1. The minimum absolute atomic E-state index is 0.0165. The fraction of sp³-hybridized carbons (Fsp3) is 0.421. The molecule has 0 aliphatic rings. The second-order valence-corrected chi connectivity index (χ2v) is 6.73. The zero-order valence-corrected chi connectivity index (χ0v) is 16.5. The lowest BCUT2D eigenvalue weighted by Gasteiger charge is -2.19. The molecule has 0 aliphatic heterocycles. The van der Waals surface area contributed by atoms with Crippen LogP contribution < -0.4 is 19.5 Å². The maximum atomic E-state index is 12.3. The van der Waals surface area contributed by atoms with E-state index in [2.05, 4.69) is 23.2 Å². The molecular formula is C19H26N2O4S. The molecule has 0 saturated heterocycles. The van der Waals surface area contributed by atoms with Crippen LogP contribution in [0.25, 0.3) is 0 Å². The molecule has 1 N–H and O–H groups in total. The molecule has 1 aromatic carbocycles. The molecule has 6 nitrogen and oxygen atoms in total. The molecule has 0 spiro atoms. The number of carbonyl (C=O) groups excluding carboxylic acids is 1. The number of nitrogens with one attached hydrogen (secondary N) is 1. The van der Waals surface area contributed by atoms with Gasteiger partial charge in [0.05, 0.1) is 27.9 Å². The Labute approximate surface area is 158 Å². The third-order valence-electron chi connectivity index (χ3n) is 3.99. The third kappa shape index (κ3) is 5.37. The van der Waals surface area contributed by atoms with Crippen LogP contribution in [-0.2, 0) is 17.9 Å². The number of nitrogens with zero attached hydrogens (tertiary/aromatic N) is 1. The molecule has 0 atom stereocenters. The first-order valence-electron chi connectivity index (χ1n) is 8.41. The van der Waals surface area contributed by atoms with E-state index < -0.39 is 0 Å². The zero-order valence-electron chi connectivity index (χ0n) is 15.7. The molecule has 142 valence electrons. The van der Waals surface area contributed by atoms with Gasteiger partial charge in [0.25, 0.3) is 0 Å². The molecule has 2 aromatic rings. The number of hydrogen-bond acceptors (Lipinski definition) is 6. The quantitative estimate of drug-likeness (QED) is 0.689. The van der Waals surface area contributed by atoms with Gasteiger partial charge in [0.2, 0.25) is 11.7 Å². The lowest BCUT2D eigenvalue weighted by molar-refractivity contribution is -0.122. The topological polar surface area (TPSA) is 60.0 Å². The van der Waals surface area contributed by atoms with Gasteiger partial charge in [-0.25, -0.2) is 0 Å². The molecule has 0 radical (unpaired) electrons. The van der Waals surface area contributed by atoms with Crippen molar-refractivity contribution in [1.29, 1.82) is 0 Å². The third-order valence-corrected chi connectivity index (χ3v) is 4.85. The van der Waals surface area contributed by atoms with Gasteiger partial charge in [0.1, 0.15) is 0 Å². The largest absolute Gasteiger partial charge is 0.493 e. The molecule has 1 amide bonds. The molecule has 0 saturated carbocycles. The van der Waals surface area contributed by atoms with Crippen LogP contribution in [0.2, 0.25) is 0 Å². The average molecular weight is 378 g/mol. The number of methoxy groups -OCH3 is 3. The molecule has 0 bridgehead atoms. The molecule has 0 aliphatic carbocycles. The fourth-order valence-electron chi connectivity index (χ4n) is 2.60. The monoisotopic (exact) mass is 378 g/mol. The average Bonchev–Trinajstić information content (AvgIpc) is 3.17. The van der Waals surface area contributed by atoms with Crippen molar-refractivity contribution in [2.24, 2.45) is 0 Å². The molecule has 7 heteroatoms. The first-order chi connectivity index (χ1) is 12.6. The van der Waals surface area contributed by atoms with E-state index in [0.717, 1.165) is 18.7 Å². The van der Waals surface area contributed by atoms with E-state index >= 15 is 0 Å². The van der Waals surface area contributed by atoms with Gasteiger partial charge in [-0.05, 0) is 35.7 Å². The summed E-state index contributed by atoms with van der Waals surface area (Å²) in [6.45, 7) is 4.41. The summed E-state index contributed by atoms with van der Waals surface area (Å²) in [6, 6.07) is 7.79. The van der Waals surface area contributed by atoms with Crippen molar-refractivity contribution in [3.63, 3.8) is 0 Å². The van der Waals surface area contributed by atoms with Crippen LogP contribution in [0.1, 0.15) is 17.4 Å². The van der Waals surface area contributed by atoms with Crippen molar-refractivity contribution in [3.8, 4) is 17.2 Å². The summed E-state index contributed by atoms with van der Waals surface area (Å²) >= 11 is 1.70. The summed E-state index contributed by atoms with van der Waals surface area (Å²) in [5, 5.41) is 5.00. The summed E-state index contributed by atoms with van der Waals surface area (Å²) in [6.07, 6.45) is 0. The summed E-state index contributed by atoms with van der Waals surface area (Å²) in [4.78, 5) is 15.7. The maximum Gasteiger partial charge on any atom is 0.234 e. The standard InChI is InChI=1S/C19H26N2O4S/c1-5-21(12-15-7-6-8-26-15)13-18(22)20-11-14-9-16(23-2)19(25-4)17(10-14)24-3/h6-10H,5,11-13H2,1-4H3,(H,20,22). The van der Waals surface area contributed by atoms with Crippen LogP contribution in [-0.4, -0.2) is 45.2 Å². The van der Waals surface area contributed by atoms with Gasteiger partial charge in [-0.3, -0.25) is 9.69 Å². The minimum atomic E-state index is -0.0165. The normalized spacial score (nSPS) is 10.7. The number of hydrogen-bond donors (Lipinski definition) is 1. The number of carbonyl (C=O) groups is 1. The van der Waals surface area contributed by atoms with Gasteiger partial charge in [0.15, 0.2) is 11.5 Å². The van der Waals surface area contributed by atoms with E-state index in [4.69, 9.17) is 14.2 Å². The highest BCUT2D eigenvalue weighted by atomic mass is 32.1. The van der Waals surface area contributed by atoms with Crippen molar-refractivity contribution in [2.75, 3.05) is 34.4 Å². The summed E-state index contributed by atoms with van der Waals surface area (Å²) in [7, 11) is 4.71. The van der Waals surface area contributed by atoms with Crippen LogP contribution in [0.3, 0.4) is 0 Å². The number of thiophene rings is 1. The van der Waals surface area contributed by atoms with Crippen LogP contribution >= 0.6 is 11.3 Å². The Morgan fingerprint density at radius 1 is 1.15 bits per heavy atom. The number of ether oxygens (including phenoxy) is 3. The second-order valence-electron chi connectivity index (χ2n) is 5.69. The Morgan fingerprint density at radius 2 is 1.85 bits per heavy atom. The molecule has 0 unspecified atom stereocenters. The Hall–Kier alpha value is -2.25. The van der Waals surface area contributed by atoms with Gasteiger partial charge >= 0.3 is 0 Å². The van der Waals surface area contributed by atoms with Crippen molar-refractivity contribution in [1.82, 2.24) is 10.2 Å². The summed E-state index contributed by atoms with van der Waals surface area (Å²) < 4.78 is 16.0. The molecule has 0 fully saturated rings. The lowest BCUT2D eigenvalue weighted by atomic mass is 10.1. The van der Waals surface area contributed by atoms with Gasteiger partial charge in [-0.2, -0.15) is 0 Å². The Balaban J connectivity index is 1.95. The highest BCUT2D eigenvalue weighted by Crippen LogP contribution is 2.38. The van der Waals surface area contributed by atoms with Crippen LogP contribution in [0.5, 0.6) is 17.2 Å². The van der Waals surface area contributed by atoms with Gasteiger partial charge in [-0.1, -0.05) is 13.0 Å². The smallest absolute Gasteiger partial charge is 0.234 e. The summed E-state index contributed by atoms with van der Waals surface area (Å²) in [5.74, 6) is 1.67. The van der Waals surface area contributed by atoms with E-state index in [0.29, 0.717) is 30.3 Å². The van der Waals surface area contributed by atoms with Crippen LogP contribution in [0.15, 0.2) is 29.6 Å². The highest BCUT2D eigenvalue weighted by Gasteiger charge is 2.14. The molecule has 1 aromatic heterocycles. The zero-order chi connectivity index (χ0) is 18.9. The molecule has 2 rings (SSSR count). The first kappa shape index (κ1) is 20.1. The molecular weight excluding hydrogens is 352 g/mol. The maximum absolute atomic E-state index is 12.3. The van der Waals surface area contributed by atoms with E-state index in [-0.39, 0.29) is 5.91 Å². The number of amides is 1. The van der Waals surface area contributed by atoms with Crippen molar-refractivity contribution in [3.05, 3.63) is 40.1 Å². The second kappa shape index (κ2) is 10.0. The van der Waals surface area contributed by atoms with Gasteiger partial charge in [0, 0.05) is 18.0 Å². The molecule has 1 heterocycles. The van der Waals surface area contributed by atoms with E-state index in [1.807, 2.05) is 23.6 Å². The van der Waals surface area contributed by atoms with E-state index in [9.17, 15) is 4.79 Å². The van der Waals surface area contributed by atoms with Crippen molar-refractivity contribution < 1.29 is 19.0 Å². The number of rotatable bonds is 10. The fourth-order valence-corrected chi connectivity index (χ4v) is 3.35.